The first-order valence-corrected chi connectivity index (χ1v) is 6.60. The Balaban J connectivity index is 1.98. The van der Waals surface area contributed by atoms with E-state index in [0.717, 1.165) is 12.8 Å². The molecule has 1 aromatic rings. The Hall–Kier alpha value is -1.86. The number of carbonyl (C=O) groups is 1. The van der Waals surface area contributed by atoms with Gasteiger partial charge in [0, 0.05) is 30.4 Å². The monoisotopic (exact) mass is 258 g/mol. The third kappa shape index (κ3) is 3.80. The molecule has 1 aromatic heterocycles. The van der Waals surface area contributed by atoms with Gasteiger partial charge >= 0.3 is 0 Å². The number of nitrogens with one attached hydrogen (secondary N) is 1. The number of rotatable bonds is 4. The topological polar surface area (TPSA) is 62.2 Å². The van der Waals surface area contributed by atoms with Crippen molar-refractivity contribution in [1.82, 2.24) is 10.3 Å². The second-order valence-corrected chi connectivity index (χ2v) is 4.72. The first kappa shape index (κ1) is 13.6. The van der Waals surface area contributed by atoms with Gasteiger partial charge in [0.2, 0.25) is 0 Å². The lowest BCUT2D eigenvalue weighted by Crippen LogP contribution is -2.26. The van der Waals surface area contributed by atoms with Crippen molar-refractivity contribution in [1.29, 1.82) is 0 Å². The van der Waals surface area contributed by atoms with Crippen LogP contribution < -0.4 is 5.32 Å². The van der Waals surface area contributed by atoms with Crippen LogP contribution in [0.4, 0.5) is 0 Å². The predicted octanol–water partition coefficient (Wildman–Crippen LogP) is 1.34. The van der Waals surface area contributed by atoms with Crippen LogP contribution >= 0.6 is 0 Å². The first-order valence-electron chi connectivity index (χ1n) is 6.60. The van der Waals surface area contributed by atoms with Crippen LogP contribution in [-0.4, -0.2) is 28.6 Å². The van der Waals surface area contributed by atoms with Gasteiger partial charge in [-0.1, -0.05) is 25.2 Å². The minimum Gasteiger partial charge on any atom is -0.395 e. The molecule has 1 fully saturated rings. The van der Waals surface area contributed by atoms with Crippen LogP contribution in [0.2, 0.25) is 0 Å². The maximum Gasteiger partial charge on any atom is 0.253 e. The van der Waals surface area contributed by atoms with Crippen molar-refractivity contribution in [2.24, 2.45) is 5.92 Å². The average Bonchev–Trinajstić information content (AvgIpc) is 3.18. The van der Waals surface area contributed by atoms with Gasteiger partial charge in [0.15, 0.2) is 0 Å². The van der Waals surface area contributed by atoms with Crippen LogP contribution in [0, 0.1) is 17.8 Å². The zero-order chi connectivity index (χ0) is 13.7. The van der Waals surface area contributed by atoms with Crippen molar-refractivity contribution in [3.8, 4) is 11.8 Å². The van der Waals surface area contributed by atoms with Gasteiger partial charge < -0.3 is 10.4 Å². The summed E-state index contributed by atoms with van der Waals surface area (Å²) >= 11 is 0. The predicted molar refractivity (Wildman–Crippen MR) is 72.5 cm³/mol. The van der Waals surface area contributed by atoms with E-state index in [-0.39, 0.29) is 12.5 Å². The Kier molecular flexibility index (Phi) is 4.53. The number of carbonyl (C=O) groups excluding carboxylic acids is 1. The molecule has 1 amide bonds. The van der Waals surface area contributed by atoms with E-state index in [0.29, 0.717) is 29.5 Å². The normalized spacial score (nSPS) is 20.3. The standard InChI is InChI=1S/C15H18N2O2/c1-2-12-8-14(12)17-15(19)13-7-11(9-16-10-13)5-3-4-6-18/h7,9-10,12,14,18H,2,4,6,8H2,1H3,(H,17,19). The van der Waals surface area contributed by atoms with Crippen molar-refractivity contribution < 1.29 is 9.90 Å². The maximum atomic E-state index is 12.0. The smallest absolute Gasteiger partial charge is 0.253 e. The van der Waals surface area contributed by atoms with Gasteiger partial charge in [-0.2, -0.15) is 0 Å². The lowest BCUT2D eigenvalue weighted by atomic mass is 10.2. The van der Waals surface area contributed by atoms with E-state index in [1.807, 2.05) is 0 Å². The van der Waals surface area contributed by atoms with Gasteiger partial charge in [-0.3, -0.25) is 9.78 Å². The lowest BCUT2D eigenvalue weighted by molar-refractivity contribution is 0.0948. The molecule has 0 saturated heterocycles. The number of hydrogen-bond acceptors (Lipinski definition) is 3. The number of hydrogen-bond donors (Lipinski definition) is 2. The molecule has 100 valence electrons. The van der Waals surface area contributed by atoms with Crippen LogP contribution in [0.3, 0.4) is 0 Å². The fraction of sp³-hybridized carbons (Fsp3) is 0.467. The number of pyridine rings is 1. The van der Waals surface area contributed by atoms with Gasteiger partial charge in [-0.25, -0.2) is 0 Å². The van der Waals surface area contributed by atoms with Gasteiger partial charge in [0.25, 0.3) is 5.91 Å². The Bertz CT molecular complexity index is 516. The molecule has 19 heavy (non-hydrogen) atoms. The van der Waals surface area contributed by atoms with Gasteiger partial charge in [0.05, 0.1) is 12.2 Å². The molecule has 1 aliphatic carbocycles. The fourth-order valence-electron chi connectivity index (χ4n) is 1.98. The SMILES string of the molecule is CCC1CC1NC(=O)c1cncc(C#CCCO)c1. The third-order valence-corrected chi connectivity index (χ3v) is 3.23. The zero-order valence-electron chi connectivity index (χ0n) is 11.0. The molecule has 0 aliphatic heterocycles. The molecule has 2 rings (SSSR count). The summed E-state index contributed by atoms with van der Waals surface area (Å²) in [5.41, 5.74) is 1.24. The second kappa shape index (κ2) is 6.35. The molecule has 0 aromatic carbocycles. The van der Waals surface area contributed by atoms with E-state index in [9.17, 15) is 4.79 Å². The quantitative estimate of drug-likeness (QED) is 0.801. The fourth-order valence-corrected chi connectivity index (χ4v) is 1.98. The molecule has 4 nitrogen and oxygen atoms in total. The van der Waals surface area contributed by atoms with E-state index in [4.69, 9.17) is 5.11 Å². The third-order valence-electron chi connectivity index (χ3n) is 3.23. The summed E-state index contributed by atoms with van der Waals surface area (Å²) in [6, 6.07) is 2.05. The molecule has 1 aliphatic rings. The molecule has 1 saturated carbocycles. The highest BCUT2D eigenvalue weighted by molar-refractivity contribution is 5.94. The van der Waals surface area contributed by atoms with Gasteiger partial charge in [-0.05, 0) is 18.4 Å². The summed E-state index contributed by atoms with van der Waals surface area (Å²) in [7, 11) is 0. The zero-order valence-corrected chi connectivity index (χ0v) is 11.0. The highest BCUT2D eigenvalue weighted by Gasteiger charge is 2.36. The summed E-state index contributed by atoms with van der Waals surface area (Å²) in [6.07, 6.45) is 5.78. The van der Waals surface area contributed by atoms with E-state index >= 15 is 0 Å². The Morgan fingerprint density at radius 3 is 3.11 bits per heavy atom. The Labute approximate surface area is 113 Å². The van der Waals surface area contributed by atoms with E-state index in [1.54, 1.807) is 18.5 Å². The molecule has 0 radical (unpaired) electrons. The van der Waals surface area contributed by atoms with Crippen LogP contribution in [0.15, 0.2) is 18.5 Å². The van der Waals surface area contributed by atoms with E-state index in [2.05, 4.69) is 29.1 Å². The second-order valence-electron chi connectivity index (χ2n) is 4.72. The summed E-state index contributed by atoms with van der Waals surface area (Å²) in [5.74, 6) is 6.24. The van der Waals surface area contributed by atoms with Crippen molar-refractivity contribution in [3.63, 3.8) is 0 Å². The maximum absolute atomic E-state index is 12.0. The molecule has 1 heterocycles. The van der Waals surface area contributed by atoms with Crippen molar-refractivity contribution >= 4 is 5.91 Å². The number of aliphatic hydroxyl groups excluding tert-OH is 1. The van der Waals surface area contributed by atoms with Gasteiger partial charge in [0.1, 0.15) is 0 Å². The molecule has 4 heteroatoms. The van der Waals surface area contributed by atoms with Crippen LogP contribution in [0.1, 0.15) is 42.1 Å². The summed E-state index contributed by atoms with van der Waals surface area (Å²) in [6.45, 7) is 2.18. The number of nitrogens with zero attached hydrogens (tertiary/aromatic N) is 1. The molecule has 0 spiro atoms. The number of amides is 1. The molecule has 2 unspecified atom stereocenters. The minimum absolute atomic E-state index is 0.0424. The molecule has 2 N–H and O–H groups in total. The largest absolute Gasteiger partial charge is 0.395 e. The minimum atomic E-state index is -0.0840. The number of aliphatic hydroxyl groups is 1. The summed E-state index contributed by atoms with van der Waals surface area (Å²) < 4.78 is 0. The van der Waals surface area contributed by atoms with E-state index < -0.39 is 0 Å². The van der Waals surface area contributed by atoms with Crippen molar-refractivity contribution in [3.05, 3.63) is 29.6 Å². The van der Waals surface area contributed by atoms with Crippen molar-refractivity contribution in [2.75, 3.05) is 6.61 Å². The molecule has 0 bridgehead atoms. The highest BCUT2D eigenvalue weighted by Crippen LogP contribution is 2.33. The Morgan fingerprint density at radius 1 is 1.58 bits per heavy atom. The molecular weight excluding hydrogens is 240 g/mol. The Morgan fingerprint density at radius 2 is 2.42 bits per heavy atom. The first-order chi connectivity index (χ1) is 9.24. The number of aromatic nitrogens is 1. The molecular formula is C15H18N2O2. The van der Waals surface area contributed by atoms with E-state index in [1.165, 1.54) is 0 Å². The van der Waals surface area contributed by atoms with Crippen LogP contribution in [0.5, 0.6) is 0 Å². The van der Waals surface area contributed by atoms with Gasteiger partial charge in [-0.15, -0.1) is 0 Å². The van der Waals surface area contributed by atoms with Crippen molar-refractivity contribution in [2.45, 2.75) is 32.2 Å². The average molecular weight is 258 g/mol. The summed E-state index contributed by atoms with van der Waals surface area (Å²) in [5, 5.41) is 11.7. The highest BCUT2D eigenvalue weighted by atomic mass is 16.2. The van der Waals surface area contributed by atoms with Crippen LogP contribution in [0.25, 0.3) is 0 Å². The lowest BCUT2D eigenvalue weighted by Gasteiger charge is -2.04. The summed E-state index contributed by atoms with van der Waals surface area (Å²) in [4.78, 5) is 16.0. The van der Waals surface area contributed by atoms with Crippen LogP contribution in [-0.2, 0) is 0 Å². The molecule has 2 atom stereocenters.